The van der Waals surface area contributed by atoms with Gasteiger partial charge >= 0.3 is 0 Å². The van der Waals surface area contributed by atoms with E-state index in [1.165, 1.54) is 18.6 Å². The summed E-state index contributed by atoms with van der Waals surface area (Å²) in [6.45, 7) is 5.03. The second-order valence-electron chi connectivity index (χ2n) is 4.21. The van der Waals surface area contributed by atoms with Crippen molar-refractivity contribution in [3.05, 3.63) is 5.82 Å². The van der Waals surface area contributed by atoms with Crippen LogP contribution in [-0.2, 0) is 6.54 Å². The quantitative estimate of drug-likeness (QED) is 0.768. The zero-order valence-corrected chi connectivity index (χ0v) is 10.6. The number of halogens is 1. The molecule has 2 rings (SSSR count). The van der Waals surface area contributed by atoms with E-state index in [0.29, 0.717) is 0 Å². The number of rotatable bonds is 3. The molecule has 0 aliphatic carbocycles. The second kappa shape index (κ2) is 4.29. The molecule has 1 aromatic rings. The minimum absolute atomic E-state index is 0.130. The van der Waals surface area contributed by atoms with E-state index >= 15 is 0 Å². The van der Waals surface area contributed by atoms with Crippen LogP contribution in [0.25, 0.3) is 0 Å². The highest BCUT2D eigenvalue weighted by Crippen LogP contribution is 2.39. The molecule has 0 bridgehead atoms. The molecule has 2 atom stereocenters. The largest absolute Gasteiger partial charge is 0.227 e. The van der Waals surface area contributed by atoms with E-state index in [-0.39, 0.29) is 10.1 Å². The second-order valence-corrected chi connectivity index (χ2v) is 6.55. The number of hydrogen-bond acceptors (Lipinski definition) is 4. The summed E-state index contributed by atoms with van der Waals surface area (Å²) in [7, 11) is 0. The minimum Gasteiger partial charge on any atom is -0.227 e. The van der Waals surface area contributed by atoms with Gasteiger partial charge in [-0.15, -0.1) is 16.7 Å². The van der Waals surface area contributed by atoms with Crippen LogP contribution in [0.4, 0.5) is 0 Å². The lowest BCUT2D eigenvalue weighted by Gasteiger charge is -2.22. The molecule has 2 unspecified atom stereocenters. The van der Waals surface area contributed by atoms with Crippen LogP contribution in [0.1, 0.15) is 37.9 Å². The van der Waals surface area contributed by atoms with E-state index in [4.69, 9.17) is 11.6 Å². The molecular weight excluding hydrogens is 232 g/mol. The third-order valence-electron chi connectivity index (χ3n) is 2.70. The molecule has 1 aliphatic heterocycles. The average molecular weight is 247 g/mol. The number of thioether (sulfide) groups is 1. The van der Waals surface area contributed by atoms with Gasteiger partial charge in [0.1, 0.15) is 0 Å². The fraction of sp³-hybridized carbons (Fsp3) is 0.889. The Morgan fingerprint density at radius 3 is 3.07 bits per heavy atom. The Morgan fingerprint density at radius 2 is 2.47 bits per heavy atom. The molecule has 1 fully saturated rings. The zero-order valence-electron chi connectivity index (χ0n) is 8.98. The van der Waals surface area contributed by atoms with Crippen LogP contribution in [0, 0.1) is 0 Å². The molecule has 1 aliphatic rings. The first-order chi connectivity index (χ1) is 7.11. The molecular formula is C9H15ClN4S. The summed E-state index contributed by atoms with van der Waals surface area (Å²) < 4.78 is 2.12. The normalized spacial score (nSPS) is 28.2. The summed E-state index contributed by atoms with van der Waals surface area (Å²) in [5.41, 5.74) is 0. The maximum absolute atomic E-state index is 6.01. The van der Waals surface area contributed by atoms with E-state index in [1.54, 1.807) is 0 Å². The standard InChI is InChI=1S/C9H15ClN4S/c1-7(10)8-11-12-13-14(8)6-9(2)4-3-5-15-9/h7H,3-6H2,1-2H3. The number of tetrazole rings is 1. The van der Waals surface area contributed by atoms with Crippen molar-refractivity contribution < 1.29 is 0 Å². The first kappa shape index (κ1) is 11.2. The third-order valence-corrected chi connectivity index (χ3v) is 4.42. The van der Waals surface area contributed by atoms with Crippen LogP contribution in [0.3, 0.4) is 0 Å². The molecule has 6 heteroatoms. The Labute approximate surface area is 98.8 Å². The van der Waals surface area contributed by atoms with Gasteiger partial charge in [0.25, 0.3) is 0 Å². The van der Waals surface area contributed by atoms with Gasteiger partial charge in [-0.1, -0.05) is 0 Å². The molecule has 0 spiro atoms. The lowest BCUT2D eigenvalue weighted by Crippen LogP contribution is -2.25. The molecule has 1 aromatic heterocycles. The summed E-state index contributed by atoms with van der Waals surface area (Å²) in [6, 6.07) is 0. The summed E-state index contributed by atoms with van der Waals surface area (Å²) in [6.07, 6.45) is 2.52. The molecule has 15 heavy (non-hydrogen) atoms. The maximum Gasteiger partial charge on any atom is 0.168 e. The van der Waals surface area contributed by atoms with Crippen LogP contribution in [-0.4, -0.2) is 30.7 Å². The first-order valence-corrected chi connectivity index (χ1v) is 6.57. The van der Waals surface area contributed by atoms with Gasteiger partial charge in [0.05, 0.1) is 11.9 Å². The molecule has 0 saturated carbocycles. The van der Waals surface area contributed by atoms with E-state index in [0.717, 1.165) is 12.4 Å². The molecule has 1 saturated heterocycles. The Morgan fingerprint density at radius 1 is 1.67 bits per heavy atom. The molecule has 0 radical (unpaired) electrons. The molecule has 0 aromatic carbocycles. The van der Waals surface area contributed by atoms with Crippen molar-refractivity contribution in [1.29, 1.82) is 0 Å². The smallest absolute Gasteiger partial charge is 0.168 e. The van der Waals surface area contributed by atoms with Crippen molar-refractivity contribution in [2.24, 2.45) is 0 Å². The van der Waals surface area contributed by atoms with Gasteiger partial charge < -0.3 is 0 Å². The predicted molar refractivity (Wildman–Crippen MR) is 62.2 cm³/mol. The molecule has 0 amide bonds. The number of nitrogens with zero attached hydrogens (tertiary/aromatic N) is 4. The molecule has 2 heterocycles. The van der Waals surface area contributed by atoms with Crippen molar-refractivity contribution >= 4 is 23.4 Å². The lowest BCUT2D eigenvalue weighted by molar-refractivity contribution is 0.455. The number of aromatic nitrogens is 4. The van der Waals surface area contributed by atoms with Crippen LogP contribution in [0.2, 0.25) is 0 Å². The fourth-order valence-electron chi connectivity index (χ4n) is 1.89. The van der Waals surface area contributed by atoms with Crippen LogP contribution in [0.15, 0.2) is 0 Å². The lowest BCUT2D eigenvalue weighted by atomic mass is 10.1. The monoisotopic (exact) mass is 246 g/mol. The summed E-state index contributed by atoms with van der Waals surface area (Å²) in [4.78, 5) is 0. The van der Waals surface area contributed by atoms with Crippen molar-refractivity contribution in [1.82, 2.24) is 20.2 Å². The molecule has 0 N–H and O–H groups in total. The van der Waals surface area contributed by atoms with Crippen LogP contribution in [0.5, 0.6) is 0 Å². The van der Waals surface area contributed by atoms with E-state index in [2.05, 4.69) is 22.4 Å². The zero-order chi connectivity index (χ0) is 10.9. The van der Waals surface area contributed by atoms with Crippen molar-refractivity contribution in [3.63, 3.8) is 0 Å². The van der Waals surface area contributed by atoms with Crippen molar-refractivity contribution in [2.45, 2.75) is 43.4 Å². The maximum atomic E-state index is 6.01. The van der Waals surface area contributed by atoms with Gasteiger partial charge in [0, 0.05) is 4.75 Å². The fourth-order valence-corrected chi connectivity index (χ4v) is 3.33. The average Bonchev–Trinajstić information content (AvgIpc) is 2.75. The van der Waals surface area contributed by atoms with Crippen molar-refractivity contribution in [2.75, 3.05) is 5.75 Å². The van der Waals surface area contributed by atoms with Crippen LogP contribution < -0.4 is 0 Å². The molecule has 4 nitrogen and oxygen atoms in total. The Balaban J connectivity index is 2.13. The van der Waals surface area contributed by atoms with E-state index in [9.17, 15) is 0 Å². The Kier molecular flexibility index (Phi) is 3.21. The van der Waals surface area contributed by atoms with Gasteiger partial charge in [0.15, 0.2) is 5.82 Å². The summed E-state index contributed by atoms with van der Waals surface area (Å²) in [5.74, 6) is 2.01. The van der Waals surface area contributed by atoms with E-state index in [1.807, 2.05) is 23.4 Å². The highest BCUT2D eigenvalue weighted by Gasteiger charge is 2.31. The predicted octanol–water partition coefficient (Wildman–Crippen LogP) is 2.26. The topological polar surface area (TPSA) is 43.6 Å². The van der Waals surface area contributed by atoms with Gasteiger partial charge in [0.2, 0.25) is 0 Å². The summed E-state index contributed by atoms with van der Waals surface area (Å²) >= 11 is 8.01. The minimum atomic E-state index is -0.130. The SMILES string of the molecule is CC(Cl)c1nnnn1CC1(C)CCCS1. The first-order valence-electron chi connectivity index (χ1n) is 5.15. The van der Waals surface area contributed by atoms with Gasteiger partial charge in [-0.05, 0) is 42.9 Å². The number of alkyl halides is 1. The van der Waals surface area contributed by atoms with Crippen LogP contribution >= 0.6 is 23.4 Å². The Hall–Kier alpha value is -0.290. The van der Waals surface area contributed by atoms with Gasteiger partial charge in [-0.25, -0.2) is 4.68 Å². The third kappa shape index (κ3) is 2.45. The highest BCUT2D eigenvalue weighted by molar-refractivity contribution is 8.00. The van der Waals surface area contributed by atoms with Gasteiger partial charge in [-0.3, -0.25) is 0 Å². The van der Waals surface area contributed by atoms with Gasteiger partial charge in [-0.2, -0.15) is 11.8 Å². The highest BCUT2D eigenvalue weighted by atomic mass is 35.5. The van der Waals surface area contributed by atoms with Crippen molar-refractivity contribution in [3.8, 4) is 0 Å². The number of hydrogen-bond donors (Lipinski definition) is 0. The Bertz CT molecular complexity index is 333. The van der Waals surface area contributed by atoms with E-state index < -0.39 is 0 Å². The summed E-state index contributed by atoms with van der Waals surface area (Å²) in [5, 5.41) is 11.5. The molecule has 84 valence electrons.